The van der Waals surface area contributed by atoms with Crippen molar-refractivity contribution in [3.8, 4) is 0 Å². The Balaban J connectivity index is 1.96. The molecule has 3 nitrogen and oxygen atoms in total. The molecule has 13 heavy (non-hydrogen) atoms. The van der Waals surface area contributed by atoms with Gasteiger partial charge in [0.1, 0.15) is 0 Å². The summed E-state index contributed by atoms with van der Waals surface area (Å²) in [5, 5.41) is 12.4. The molecule has 1 aliphatic carbocycles. The number of nitrogens with one attached hydrogen (secondary N) is 1. The molecule has 0 aromatic heterocycles. The molecule has 2 unspecified atom stereocenters. The van der Waals surface area contributed by atoms with Crippen molar-refractivity contribution in [3.05, 3.63) is 0 Å². The Labute approximate surface area is 80.1 Å². The number of aliphatic hydroxyl groups is 1. The molecule has 1 heterocycles. The minimum atomic E-state index is 0.322. The van der Waals surface area contributed by atoms with Crippen LogP contribution in [0.4, 0.5) is 0 Å². The zero-order chi connectivity index (χ0) is 9.26. The summed E-state index contributed by atoms with van der Waals surface area (Å²) in [5.74, 6) is 0. The molecule has 0 spiro atoms. The summed E-state index contributed by atoms with van der Waals surface area (Å²) in [4.78, 5) is 2.62. The summed E-state index contributed by atoms with van der Waals surface area (Å²) in [6, 6.07) is 2.05. The highest BCUT2D eigenvalue weighted by atomic mass is 16.3. The first-order valence-corrected chi connectivity index (χ1v) is 5.42. The third kappa shape index (κ3) is 2.03. The molecule has 2 atom stereocenters. The number of aliphatic hydroxyl groups excluding tert-OH is 1. The third-order valence-electron chi connectivity index (χ3n) is 3.18. The molecule has 1 saturated carbocycles. The van der Waals surface area contributed by atoms with Crippen LogP contribution in [0.1, 0.15) is 26.2 Å². The van der Waals surface area contributed by atoms with Gasteiger partial charge in [0.25, 0.3) is 0 Å². The van der Waals surface area contributed by atoms with E-state index in [-0.39, 0.29) is 0 Å². The van der Waals surface area contributed by atoms with Crippen molar-refractivity contribution < 1.29 is 5.11 Å². The molecule has 0 amide bonds. The van der Waals surface area contributed by atoms with Crippen molar-refractivity contribution in [2.45, 2.75) is 44.3 Å². The first-order valence-electron chi connectivity index (χ1n) is 5.42. The summed E-state index contributed by atoms with van der Waals surface area (Å²) in [7, 11) is 0. The van der Waals surface area contributed by atoms with Gasteiger partial charge in [0.2, 0.25) is 0 Å². The fourth-order valence-electron chi connectivity index (χ4n) is 2.46. The lowest BCUT2D eigenvalue weighted by Gasteiger charge is -2.41. The molecule has 2 aliphatic rings. The first-order chi connectivity index (χ1) is 6.33. The highest BCUT2D eigenvalue weighted by Gasteiger charge is 2.38. The number of hydrogen-bond acceptors (Lipinski definition) is 3. The van der Waals surface area contributed by atoms with Crippen LogP contribution < -0.4 is 5.32 Å². The zero-order valence-electron chi connectivity index (χ0n) is 8.37. The van der Waals surface area contributed by atoms with E-state index in [1.54, 1.807) is 0 Å². The molecule has 0 bridgehead atoms. The number of hydrogen-bond donors (Lipinski definition) is 2. The second-order valence-corrected chi connectivity index (χ2v) is 4.35. The van der Waals surface area contributed by atoms with Gasteiger partial charge in [-0.05, 0) is 26.2 Å². The Morgan fingerprint density at radius 3 is 2.77 bits per heavy atom. The van der Waals surface area contributed by atoms with Crippen LogP contribution in [-0.4, -0.2) is 47.8 Å². The molecule has 3 heteroatoms. The Kier molecular flexibility index (Phi) is 2.86. The standard InChI is InChI=1S/C10H20N2O/c1-8-6-11-7-10(4-5-13)12(8)9-2-3-9/h8-11,13H,2-7H2,1H3. The average molecular weight is 184 g/mol. The molecule has 2 rings (SSSR count). The van der Waals surface area contributed by atoms with E-state index in [1.165, 1.54) is 12.8 Å². The lowest BCUT2D eigenvalue weighted by molar-refractivity contribution is 0.0785. The van der Waals surface area contributed by atoms with Crippen LogP contribution in [0.2, 0.25) is 0 Å². The molecule has 76 valence electrons. The van der Waals surface area contributed by atoms with Crippen LogP contribution in [0.25, 0.3) is 0 Å². The van der Waals surface area contributed by atoms with Crippen LogP contribution in [0.3, 0.4) is 0 Å². The van der Waals surface area contributed by atoms with Crippen LogP contribution in [-0.2, 0) is 0 Å². The van der Waals surface area contributed by atoms with Gasteiger partial charge in [-0.1, -0.05) is 0 Å². The maximum atomic E-state index is 8.97. The summed E-state index contributed by atoms with van der Waals surface area (Å²) >= 11 is 0. The van der Waals surface area contributed by atoms with Crippen LogP contribution in [0.15, 0.2) is 0 Å². The number of nitrogens with zero attached hydrogens (tertiary/aromatic N) is 1. The van der Waals surface area contributed by atoms with Crippen molar-refractivity contribution in [3.63, 3.8) is 0 Å². The SMILES string of the molecule is CC1CNCC(CCO)N1C1CC1. The number of rotatable bonds is 3. The fourth-order valence-corrected chi connectivity index (χ4v) is 2.46. The molecule has 0 aromatic rings. The molecular formula is C10H20N2O. The van der Waals surface area contributed by atoms with E-state index in [2.05, 4.69) is 17.1 Å². The fraction of sp³-hybridized carbons (Fsp3) is 1.00. The summed E-state index contributed by atoms with van der Waals surface area (Å²) in [6.45, 7) is 4.77. The van der Waals surface area contributed by atoms with E-state index in [0.717, 1.165) is 25.6 Å². The molecule has 0 radical (unpaired) electrons. The molecule has 1 saturated heterocycles. The van der Waals surface area contributed by atoms with Crippen molar-refractivity contribution in [1.82, 2.24) is 10.2 Å². The average Bonchev–Trinajstić information content (AvgIpc) is 2.88. The van der Waals surface area contributed by atoms with E-state index in [1.807, 2.05) is 0 Å². The lowest BCUT2D eigenvalue weighted by Crippen LogP contribution is -2.57. The Morgan fingerprint density at radius 2 is 2.15 bits per heavy atom. The normalized spacial score (nSPS) is 36.5. The molecule has 1 aliphatic heterocycles. The topological polar surface area (TPSA) is 35.5 Å². The highest BCUT2D eigenvalue weighted by Crippen LogP contribution is 2.32. The van der Waals surface area contributed by atoms with Gasteiger partial charge in [0.15, 0.2) is 0 Å². The van der Waals surface area contributed by atoms with Crippen LogP contribution in [0, 0.1) is 0 Å². The van der Waals surface area contributed by atoms with E-state index in [4.69, 9.17) is 5.11 Å². The predicted octanol–water partition coefficient (Wildman–Crippen LogP) is 0.194. The maximum Gasteiger partial charge on any atom is 0.0446 e. The van der Waals surface area contributed by atoms with Gasteiger partial charge >= 0.3 is 0 Å². The quantitative estimate of drug-likeness (QED) is 0.657. The second kappa shape index (κ2) is 3.95. The van der Waals surface area contributed by atoms with E-state index in [0.29, 0.717) is 18.7 Å². The molecule has 2 N–H and O–H groups in total. The summed E-state index contributed by atoms with van der Waals surface area (Å²) in [5.41, 5.74) is 0. The Morgan fingerprint density at radius 1 is 1.38 bits per heavy atom. The third-order valence-corrected chi connectivity index (χ3v) is 3.18. The van der Waals surface area contributed by atoms with Gasteiger partial charge in [0, 0.05) is 37.8 Å². The Hall–Kier alpha value is -0.120. The van der Waals surface area contributed by atoms with E-state index < -0.39 is 0 Å². The Bertz CT molecular complexity index is 168. The minimum absolute atomic E-state index is 0.322. The maximum absolute atomic E-state index is 8.97. The van der Waals surface area contributed by atoms with E-state index in [9.17, 15) is 0 Å². The van der Waals surface area contributed by atoms with Crippen molar-refractivity contribution in [1.29, 1.82) is 0 Å². The summed E-state index contributed by atoms with van der Waals surface area (Å²) in [6.07, 6.45) is 3.66. The van der Waals surface area contributed by atoms with Gasteiger partial charge in [-0.25, -0.2) is 0 Å². The highest BCUT2D eigenvalue weighted by molar-refractivity contribution is 4.95. The van der Waals surface area contributed by atoms with Crippen molar-refractivity contribution >= 4 is 0 Å². The van der Waals surface area contributed by atoms with Crippen LogP contribution >= 0.6 is 0 Å². The lowest BCUT2D eigenvalue weighted by atomic mass is 10.1. The van der Waals surface area contributed by atoms with E-state index >= 15 is 0 Å². The van der Waals surface area contributed by atoms with Gasteiger partial charge in [-0.3, -0.25) is 4.90 Å². The first kappa shape index (κ1) is 9.44. The monoisotopic (exact) mass is 184 g/mol. The predicted molar refractivity (Wildman–Crippen MR) is 52.7 cm³/mol. The zero-order valence-corrected chi connectivity index (χ0v) is 8.37. The number of piperazine rings is 1. The van der Waals surface area contributed by atoms with Crippen LogP contribution in [0.5, 0.6) is 0 Å². The second-order valence-electron chi connectivity index (χ2n) is 4.35. The van der Waals surface area contributed by atoms with Crippen molar-refractivity contribution in [2.75, 3.05) is 19.7 Å². The smallest absolute Gasteiger partial charge is 0.0446 e. The van der Waals surface area contributed by atoms with Crippen molar-refractivity contribution in [2.24, 2.45) is 0 Å². The summed E-state index contributed by atoms with van der Waals surface area (Å²) < 4.78 is 0. The van der Waals surface area contributed by atoms with Gasteiger partial charge < -0.3 is 10.4 Å². The molecule has 0 aromatic carbocycles. The van der Waals surface area contributed by atoms with Gasteiger partial charge in [-0.15, -0.1) is 0 Å². The van der Waals surface area contributed by atoms with Gasteiger partial charge in [0.05, 0.1) is 0 Å². The molecular weight excluding hydrogens is 164 g/mol. The molecule has 2 fully saturated rings. The minimum Gasteiger partial charge on any atom is -0.396 e. The largest absolute Gasteiger partial charge is 0.396 e. The van der Waals surface area contributed by atoms with Gasteiger partial charge in [-0.2, -0.15) is 0 Å².